The molecule has 3 aliphatic rings. The Bertz CT molecular complexity index is 1060. The van der Waals surface area contributed by atoms with Crippen molar-refractivity contribution in [2.45, 2.75) is 57.6 Å². The van der Waals surface area contributed by atoms with Gasteiger partial charge in [-0.1, -0.05) is 67.4 Å². The molecule has 1 saturated carbocycles. The van der Waals surface area contributed by atoms with Crippen molar-refractivity contribution in [2.75, 3.05) is 6.54 Å². The molecule has 5 rings (SSSR count). The molecular weight excluding hydrogens is 398 g/mol. The van der Waals surface area contributed by atoms with E-state index in [1.54, 1.807) is 6.08 Å². The van der Waals surface area contributed by atoms with Crippen molar-refractivity contribution in [1.82, 2.24) is 4.90 Å². The number of amides is 1. The van der Waals surface area contributed by atoms with E-state index >= 15 is 0 Å². The van der Waals surface area contributed by atoms with Gasteiger partial charge in [-0.05, 0) is 49.5 Å². The molecule has 2 bridgehead atoms. The number of ketones is 1. The second kappa shape index (κ2) is 8.23. The highest BCUT2D eigenvalue weighted by molar-refractivity contribution is 6.10. The maximum absolute atomic E-state index is 13.9. The Hall–Kier alpha value is -2.88. The predicted molar refractivity (Wildman–Crippen MR) is 125 cm³/mol. The van der Waals surface area contributed by atoms with E-state index in [-0.39, 0.29) is 23.5 Å². The van der Waals surface area contributed by atoms with Gasteiger partial charge in [-0.2, -0.15) is 0 Å². The zero-order chi connectivity index (χ0) is 22.3. The minimum Gasteiger partial charge on any atom is -0.467 e. The van der Waals surface area contributed by atoms with Gasteiger partial charge < -0.3 is 9.64 Å². The lowest BCUT2D eigenvalue weighted by atomic mass is 9.60. The first kappa shape index (κ1) is 21.0. The summed E-state index contributed by atoms with van der Waals surface area (Å²) in [5.41, 5.74) is 2.55. The zero-order valence-corrected chi connectivity index (χ0v) is 18.9. The average molecular weight is 430 g/mol. The third-order valence-electron chi connectivity index (χ3n) is 7.50. The molecule has 4 heteroatoms. The maximum atomic E-state index is 13.9. The summed E-state index contributed by atoms with van der Waals surface area (Å²) in [5, 5.41) is 0. The van der Waals surface area contributed by atoms with Crippen molar-refractivity contribution in [3.05, 3.63) is 71.3 Å². The van der Waals surface area contributed by atoms with Crippen molar-refractivity contribution in [3.63, 3.8) is 0 Å². The van der Waals surface area contributed by atoms with Gasteiger partial charge in [-0.25, -0.2) is 0 Å². The highest BCUT2D eigenvalue weighted by atomic mass is 16.5. The van der Waals surface area contributed by atoms with E-state index in [0.717, 1.165) is 49.0 Å². The molecule has 4 atom stereocenters. The number of carbonyl (C=O) groups is 2. The highest BCUT2D eigenvalue weighted by Crippen LogP contribution is 2.58. The number of carbonyl (C=O) groups excluding carboxylic acids is 2. The van der Waals surface area contributed by atoms with Gasteiger partial charge in [0.2, 0.25) is 5.91 Å². The summed E-state index contributed by atoms with van der Waals surface area (Å²) in [6, 6.07) is 16.1. The fraction of sp³-hybridized carbons (Fsp3) is 0.429. The van der Waals surface area contributed by atoms with Gasteiger partial charge >= 0.3 is 0 Å². The number of piperidine rings is 1. The van der Waals surface area contributed by atoms with Crippen molar-refractivity contribution < 1.29 is 14.3 Å². The standard InChI is InChI=1S/C28H31NO3/c1-3-18-29-27(31)26(23(30)16-15-20-13-11-19(2)12-14-20)25-21-8-4-5-10-24(21)32-28(29)17-7-6-9-22(25)28/h4-5,8,10-16,22,25-26H,3,6-7,9,17-18H2,1-2H3/b16-15+. The lowest BCUT2D eigenvalue weighted by Gasteiger charge is -2.60. The van der Waals surface area contributed by atoms with Crippen LogP contribution in [0.25, 0.3) is 6.08 Å². The molecule has 166 valence electrons. The normalized spacial score (nSPS) is 28.8. The number of fused-ring (bicyclic) bond motifs is 2. The van der Waals surface area contributed by atoms with Gasteiger partial charge in [0.25, 0.3) is 0 Å². The SMILES string of the molecule is CCCN1C(=O)C(C(=O)/C=C/c2ccc(C)cc2)C2c3ccccc3OC13CCCCC23. The molecular formula is C28H31NO3. The smallest absolute Gasteiger partial charge is 0.237 e. The Labute approximate surface area is 190 Å². The summed E-state index contributed by atoms with van der Waals surface area (Å²) in [4.78, 5) is 29.4. The van der Waals surface area contributed by atoms with E-state index in [9.17, 15) is 9.59 Å². The Kier molecular flexibility index (Phi) is 5.40. The first-order valence-electron chi connectivity index (χ1n) is 11.9. The molecule has 1 saturated heterocycles. The molecule has 2 aromatic carbocycles. The molecule has 0 spiro atoms. The van der Waals surface area contributed by atoms with Crippen LogP contribution in [0.2, 0.25) is 0 Å². The molecule has 4 unspecified atom stereocenters. The van der Waals surface area contributed by atoms with E-state index in [1.165, 1.54) is 5.56 Å². The molecule has 32 heavy (non-hydrogen) atoms. The number of hydrogen-bond acceptors (Lipinski definition) is 3. The molecule has 0 radical (unpaired) electrons. The van der Waals surface area contributed by atoms with Crippen molar-refractivity contribution in [3.8, 4) is 5.75 Å². The third-order valence-corrected chi connectivity index (χ3v) is 7.50. The van der Waals surface area contributed by atoms with E-state index in [2.05, 4.69) is 6.92 Å². The summed E-state index contributed by atoms with van der Waals surface area (Å²) in [5.74, 6) is 0.00264. The van der Waals surface area contributed by atoms with E-state index in [0.29, 0.717) is 6.54 Å². The Morgan fingerprint density at radius 3 is 2.72 bits per heavy atom. The summed E-state index contributed by atoms with van der Waals surface area (Å²) in [7, 11) is 0. The van der Waals surface area contributed by atoms with E-state index in [4.69, 9.17) is 4.74 Å². The summed E-state index contributed by atoms with van der Waals surface area (Å²) in [6.45, 7) is 4.75. The van der Waals surface area contributed by atoms with Crippen LogP contribution >= 0.6 is 0 Å². The van der Waals surface area contributed by atoms with Gasteiger partial charge in [-0.3, -0.25) is 9.59 Å². The van der Waals surface area contributed by atoms with E-state index in [1.807, 2.05) is 66.4 Å². The predicted octanol–water partition coefficient (Wildman–Crippen LogP) is 5.51. The Morgan fingerprint density at radius 1 is 1.16 bits per heavy atom. The molecule has 4 nitrogen and oxygen atoms in total. The second-order valence-electron chi connectivity index (χ2n) is 9.48. The fourth-order valence-corrected chi connectivity index (χ4v) is 6.09. The number of likely N-dealkylation sites (tertiary alicyclic amines) is 1. The third kappa shape index (κ3) is 3.28. The fourth-order valence-electron chi connectivity index (χ4n) is 6.09. The lowest BCUT2D eigenvalue weighted by molar-refractivity contribution is -0.207. The van der Waals surface area contributed by atoms with Crippen LogP contribution in [-0.4, -0.2) is 28.9 Å². The van der Waals surface area contributed by atoms with Crippen LogP contribution in [0.4, 0.5) is 0 Å². The molecule has 2 aromatic rings. The van der Waals surface area contributed by atoms with Crippen molar-refractivity contribution >= 4 is 17.8 Å². The zero-order valence-electron chi connectivity index (χ0n) is 18.9. The lowest BCUT2D eigenvalue weighted by Crippen LogP contribution is -2.70. The maximum Gasteiger partial charge on any atom is 0.237 e. The van der Waals surface area contributed by atoms with E-state index < -0.39 is 11.6 Å². The number of benzene rings is 2. The molecule has 2 fully saturated rings. The Balaban J connectivity index is 1.58. The minimum absolute atomic E-state index is 0.0666. The number of para-hydroxylation sites is 1. The van der Waals surface area contributed by atoms with Crippen LogP contribution in [0.1, 0.15) is 61.6 Å². The van der Waals surface area contributed by atoms with Gasteiger partial charge in [-0.15, -0.1) is 0 Å². The van der Waals surface area contributed by atoms with Gasteiger partial charge in [0.1, 0.15) is 11.7 Å². The molecule has 0 aromatic heterocycles. The summed E-state index contributed by atoms with van der Waals surface area (Å²) >= 11 is 0. The summed E-state index contributed by atoms with van der Waals surface area (Å²) < 4.78 is 6.67. The van der Waals surface area contributed by atoms with Gasteiger partial charge in [0.05, 0.1) is 0 Å². The molecule has 0 N–H and O–H groups in total. The number of nitrogens with zero attached hydrogens (tertiary/aromatic N) is 1. The number of ether oxygens (including phenoxy) is 1. The number of rotatable bonds is 5. The average Bonchev–Trinajstić information content (AvgIpc) is 2.81. The Morgan fingerprint density at radius 2 is 1.94 bits per heavy atom. The van der Waals surface area contributed by atoms with Crippen LogP contribution in [-0.2, 0) is 9.59 Å². The van der Waals surface area contributed by atoms with Crippen LogP contribution < -0.4 is 4.74 Å². The number of allylic oxidation sites excluding steroid dienone is 1. The topological polar surface area (TPSA) is 46.6 Å². The monoisotopic (exact) mass is 429 g/mol. The van der Waals surface area contributed by atoms with Crippen LogP contribution in [0.3, 0.4) is 0 Å². The van der Waals surface area contributed by atoms with Crippen molar-refractivity contribution in [1.29, 1.82) is 0 Å². The first-order valence-corrected chi connectivity index (χ1v) is 11.9. The number of aryl methyl sites for hydroxylation is 1. The van der Waals surface area contributed by atoms with Gasteiger partial charge in [0.15, 0.2) is 11.5 Å². The van der Waals surface area contributed by atoms with Crippen molar-refractivity contribution in [2.24, 2.45) is 11.8 Å². The summed E-state index contributed by atoms with van der Waals surface area (Å²) in [6.07, 6.45) is 8.29. The second-order valence-corrected chi connectivity index (χ2v) is 9.48. The minimum atomic E-state index is -0.690. The van der Waals surface area contributed by atoms with Crippen LogP contribution in [0.15, 0.2) is 54.6 Å². The first-order chi connectivity index (χ1) is 15.5. The highest BCUT2D eigenvalue weighted by Gasteiger charge is 2.63. The molecule has 2 aliphatic heterocycles. The molecule has 2 heterocycles. The van der Waals surface area contributed by atoms with Crippen LogP contribution in [0, 0.1) is 18.8 Å². The number of hydrogen-bond donors (Lipinski definition) is 0. The molecule has 1 aliphatic carbocycles. The molecule has 1 amide bonds. The van der Waals surface area contributed by atoms with Crippen LogP contribution in [0.5, 0.6) is 5.75 Å². The quantitative estimate of drug-likeness (QED) is 0.465. The largest absolute Gasteiger partial charge is 0.467 e. The van der Waals surface area contributed by atoms with Gasteiger partial charge in [0, 0.05) is 24.8 Å².